The first-order valence-corrected chi connectivity index (χ1v) is 10.7. The number of nitrogens with zero attached hydrogens (tertiary/aromatic N) is 2. The van der Waals surface area contributed by atoms with Gasteiger partial charge in [-0.2, -0.15) is 0 Å². The van der Waals surface area contributed by atoms with Gasteiger partial charge in [-0.1, -0.05) is 36.9 Å². The molecule has 0 spiro atoms. The predicted octanol–water partition coefficient (Wildman–Crippen LogP) is 4.05. The highest BCUT2D eigenvalue weighted by Crippen LogP contribution is 2.38. The minimum Gasteiger partial charge on any atom is -0.493 e. The largest absolute Gasteiger partial charge is 0.493 e. The van der Waals surface area contributed by atoms with E-state index in [9.17, 15) is 4.79 Å². The maximum absolute atomic E-state index is 12.6. The summed E-state index contributed by atoms with van der Waals surface area (Å²) >= 11 is 6.56. The Balaban J connectivity index is 1.55. The third-order valence-corrected chi connectivity index (χ3v) is 6.54. The predicted molar refractivity (Wildman–Crippen MR) is 113 cm³/mol. The number of aromatic amines is 1. The molecule has 6 nitrogen and oxygen atoms in total. The molecule has 1 saturated carbocycles. The van der Waals surface area contributed by atoms with Gasteiger partial charge in [0.15, 0.2) is 11.5 Å². The molecule has 4 rings (SSSR count). The van der Waals surface area contributed by atoms with E-state index in [1.54, 1.807) is 14.2 Å². The van der Waals surface area contributed by atoms with Crippen molar-refractivity contribution < 1.29 is 9.47 Å². The minimum absolute atomic E-state index is 0.0411. The van der Waals surface area contributed by atoms with E-state index < -0.39 is 0 Å². The molecule has 29 heavy (non-hydrogen) atoms. The lowest BCUT2D eigenvalue weighted by Gasteiger charge is -2.29. The number of rotatable bonds is 5. The zero-order chi connectivity index (χ0) is 20.4. The molecule has 1 aromatic heterocycles. The second-order valence-corrected chi connectivity index (χ2v) is 8.32. The van der Waals surface area contributed by atoms with Crippen LogP contribution in [0.3, 0.4) is 0 Å². The van der Waals surface area contributed by atoms with Gasteiger partial charge in [-0.25, -0.2) is 4.98 Å². The second kappa shape index (κ2) is 8.76. The Bertz CT molecular complexity index is 938. The normalized spacial score (nSPS) is 17.8. The van der Waals surface area contributed by atoms with Gasteiger partial charge in [-0.15, -0.1) is 0 Å². The molecule has 7 heteroatoms. The number of benzene rings is 1. The topological polar surface area (TPSA) is 67.5 Å². The van der Waals surface area contributed by atoms with E-state index in [2.05, 4.69) is 9.88 Å². The van der Waals surface area contributed by atoms with Crippen molar-refractivity contribution in [2.45, 2.75) is 57.5 Å². The summed E-state index contributed by atoms with van der Waals surface area (Å²) in [5, 5.41) is 0.569. The number of halogens is 1. The van der Waals surface area contributed by atoms with Crippen LogP contribution in [-0.4, -0.2) is 35.6 Å². The van der Waals surface area contributed by atoms with Crippen LogP contribution in [-0.2, 0) is 19.5 Å². The Morgan fingerprint density at radius 1 is 1.21 bits per heavy atom. The van der Waals surface area contributed by atoms with Crippen LogP contribution >= 0.6 is 11.6 Å². The lowest BCUT2D eigenvalue weighted by atomic mass is 9.88. The van der Waals surface area contributed by atoms with E-state index in [4.69, 9.17) is 26.1 Å². The summed E-state index contributed by atoms with van der Waals surface area (Å²) in [6.07, 6.45) is 6.66. The van der Waals surface area contributed by atoms with Crippen molar-refractivity contribution in [2.24, 2.45) is 0 Å². The van der Waals surface area contributed by atoms with Crippen LogP contribution in [0.15, 0.2) is 16.9 Å². The van der Waals surface area contributed by atoms with Gasteiger partial charge >= 0.3 is 0 Å². The van der Waals surface area contributed by atoms with Gasteiger partial charge in [0.2, 0.25) is 0 Å². The molecule has 1 aliphatic carbocycles. The Kier molecular flexibility index (Phi) is 6.11. The van der Waals surface area contributed by atoms with E-state index in [1.807, 2.05) is 12.1 Å². The van der Waals surface area contributed by atoms with Crippen LogP contribution < -0.4 is 15.0 Å². The van der Waals surface area contributed by atoms with E-state index in [0.29, 0.717) is 41.9 Å². The lowest BCUT2D eigenvalue weighted by molar-refractivity contribution is 0.239. The first-order chi connectivity index (χ1) is 14.1. The molecule has 1 N–H and O–H groups in total. The number of H-pyrrole nitrogens is 1. The standard InChI is InChI=1S/C22H28ClN3O3/c1-28-18-9-8-15(19(23)20(18)29-2)12-26-11-10-16-17(13-26)24-21(25-22(16)27)14-6-4-3-5-7-14/h8-9,14H,3-7,10-13H2,1-2H3,(H,24,25,27). The zero-order valence-corrected chi connectivity index (χ0v) is 17.8. The molecule has 0 unspecified atom stereocenters. The van der Waals surface area contributed by atoms with Crippen LogP contribution in [0.1, 0.15) is 60.7 Å². The summed E-state index contributed by atoms with van der Waals surface area (Å²) in [6, 6.07) is 3.85. The molecule has 0 radical (unpaired) electrons. The number of nitrogens with one attached hydrogen (secondary N) is 1. The smallest absolute Gasteiger partial charge is 0.254 e. The quantitative estimate of drug-likeness (QED) is 0.794. The molecule has 1 fully saturated rings. The van der Waals surface area contributed by atoms with E-state index in [-0.39, 0.29) is 5.56 Å². The fourth-order valence-electron chi connectivity index (χ4n) is 4.51. The van der Waals surface area contributed by atoms with Crippen molar-refractivity contribution >= 4 is 11.6 Å². The van der Waals surface area contributed by atoms with Crippen LogP contribution in [0, 0.1) is 0 Å². The highest BCUT2D eigenvalue weighted by Gasteiger charge is 2.25. The van der Waals surface area contributed by atoms with Crippen LogP contribution in [0.5, 0.6) is 11.5 Å². The van der Waals surface area contributed by atoms with Crippen molar-refractivity contribution in [3.63, 3.8) is 0 Å². The van der Waals surface area contributed by atoms with Crippen LogP contribution in [0.25, 0.3) is 0 Å². The van der Waals surface area contributed by atoms with Gasteiger partial charge in [-0.3, -0.25) is 9.69 Å². The maximum atomic E-state index is 12.6. The van der Waals surface area contributed by atoms with Crippen LogP contribution in [0.2, 0.25) is 5.02 Å². The molecule has 0 amide bonds. The summed E-state index contributed by atoms with van der Waals surface area (Å²) in [5.41, 5.74) is 2.76. The Labute approximate surface area is 176 Å². The van der Waals surface area contributed by atoms with Gasteiger partial charge in [0, 0.05) is 31.1 Å². The van der Waals surface area contributed by atoms with E-state index >= 15 is 0 Å². The van der Waals surface area contributed by atoms with Gasteiger partial charge in [0.1, 0.15) is 5.82 Å². The van der Waals surface area contributed by atoms with E-state index in [1.165, 1.54) is 19.3 Å². The van der Waals surface area contributed by atoms with Crippen molar-refractivity contribution in [1.29, 1.82) is 0 Å². The number of hydrogen-bond donors (Lipinski definition) is 1. The fraction of sp³-hybridized carbons (Fsp3) is 0.545. The molecule has 2 aromatic rings. The van der Waals surface area contributed by atoms with Gasteiger partial charge in [0.25, 0.3) is 5.56 Å². The third-order valence-electron chi connectivity index (χ3n) is 6.12. The SMILES string of the molecule is COc1ccc(CN2CCc3c(nc(C4CCCCC4)[nH]c3=O)C2)c(Cl)c1OC. The summed E-state index contributed by atoms with van der Waals surface area (Å²) in [6.45, 7) is 2.13. The lowest BCUT2D eigenvalue weighted by Crippen LogP contribution is -2.35. The summed E-state index contributed by atoms with van der Waals surface area (Å²) < 4.78 is 10.7. The molecule has 0 atom stereocenters. The molecule has 156 valence electrons. The molecule has 0 bridgehead atoms. The number of hydrogen-bond acceptors (Lipinski definition) is 5. The molecule has 2 aliphatic rings. The maximum Gasteiger partial charge on any atom is 0.254 e. The Hall–Kier alpha value is -2.05. The highest BCUT2D eigenvalue weighted by atomic mass is 35.5. The summed E-state index contributed by atoms with van der Waals surface area (Å²) in [4.78, 5) is 22.9. The van der Waals surface area contributed by atoms with E-state index in [0.717, 1.165) is 42.0 Å². The zero-order valence-electron chi connectivity index (χ0n) is 17.1. The molecule has 1 aliphatic heterocycles. The average molecular weight is 418 g/mol. The third kappa shape index (κ3) is 4.14. The molecular weight excluding hydrogens is 390 g/mol. The first-order valence-electron chi connectivity index (χ1n) is 10.3. The van der Waals surface area contributed by atoms with Gasteiger partial charge < -0.3 is 14.5 Å². The van der Waals surface area contributed by atoms with Crippen molar-refractivity contribution in [3.8, 4) is 11.5 Å². The number of fused-ring (bicyclic) bond motifs is 1. The molecule has 2 heterocycles. The summed E-state index contributed by atoms with van der Waals surface area (Å²) in [5.74, 6) is 2.44. The Morgan fingerprint density at radius 3 is 2.72 bits per heavy atom. The first kappa shape index (κ1) is 20.2. The van der Waals surface area contributed by atoms with Gasteiger partial charge in [0.05, 0.1) is 24.9 Å². The molecule has 0 saturated heterocycles. The molecule has 1 aromatic carbocycles. The average Bonchev–Trinajstić information content (AvgIpc) is 2.75. The monoisotopic (exact) mass is 417 g/mol. The van der Waals surface area contributed by atoms with Crippen molar-refractivity contribution in [2.75, 3.05) is 20.8 Å². The van der Waals surface area contributed by atoms with Gasteiger partial charge in [-0.05, 0) is 30.9 Å². The fourth-order valence-corrected chi connectivity index (χ4v) is 4.80. The molecular formula is C22H28ClN3O3. The minimum atomic E-state index is 0.0411. The van der Waals surface area contributed by atoms with Crippen molar-refractivity contribution in [3.05, 3.63) is 50.2 Å². The highest BCUT2D eigenvalue weighted by molar-refractivity contribution is 6.33. The Morgan fingerprint density at radius 2 is 2.00 bits per heavy atom. The number of ether oxygens (including phenoxy) is 2. The van der Waals surface area contributed by atoms with Crippen molar-refractivity contribution in [1.82, 2.24) is 14.9 Å². The number of aromatic nitrogens is 2. The number of methoxy groups -OCH3 is 2. The summed E-state index contributed by atoms with van der Waals surface area (Å²) in [7, 11) is 3.19. The second-order valence-electron chi connectivity index (χ2n) is 7.95. The van der Waals surface area contributed by atoms with Crippen LogP contribution in [0.4, 0.5) is 0 Å².